The summed E-state index contributed by atoms with van der Waals surface area (Å²) in [5.74, 6) is 2.01. The van der Waals surface area contributed by atoms with E-state index in [-0.39, 0.29) is 58.8 Å². The average Bonchev–Trinajstić information content (AvgIpc) is 0.947. The quantitative estimate of drug-likeness (QED) is 0.0253. The summed E-state index contributed by atoms with van der Waals surface area (Å²) >= 11 is 0. The van der Waals surface area contributed by atoms with Crippen molar-refractivity contribution in [3.05, 3.63) is 0 Å². The third-order valence-electron chi connectivity index (χ3n) is 18.7. The van der Waals surface area contributed by atoms with Gasteiger partial charge in [0.25, 0.3) is 0 Å². The summed E-state index contributed by atoms with van der Waals surface area (Å²) in [6, 6.07) is 0. The number of carbonyl (C=O) groups excluding carboxylic acids is 12. The second kappa shape index (κ2) is 94.7. The lowest BCUT2D eigenvalue weighted by molar-refractivity contribution is -0.123. The highest BCUT2D eigenvalue weighted by Gasteiger charge is 2.18. The fourth-order valence-electron chi connectivity index (χ4n) is 11.3. The van der Waals surface area contributed by atoms with Gasteiger partial charge in [0.1, 0.15) is 23.1 Å². The summed E-state index contributed by atoms with van der Waals surface area (Å²) in [5, 5.41) is 29.5. The third-order valence-corrected chi connectivity index (χ3v) is 18.7. The van der Waals surface area contributed by atoms with Crippen molar-refractivity contribution in [1.29, 1.82) is 0 Å². The van der Waals surface area contributed by atoms with Gasteiger partial charge in [-0.2, -0.15) is 0 Å². The Morgan fingerprint density at radius 1 is 0.155 bits per heavy atom. The molecule has 0 atom stereocenters. The monoisotopic (exact) mass is 1650 g/mol. The standard InChI is InChI=1S/C28H54N4O4.C22H43N3O3.C16H32N2O2.C15H31N3O2.C9H20N2O/c1-5-9-11-25(33)13-19-31(20-14-26(34)12-10-6-2)23-24-32(21-15-27(35)29-17-7-3)22-16-28(36)30-18-8-4;1-4-7-11-20(26)12-9-8-10-17-25(18-13-21(27)23-15-5-2)19-14-22(28)24-16-6-3;1-3-5-9-15(19)10-7-6-8-13-17-14-11-16(20)18-12-4-2;1-4-9-16-14(19)7-12-18(11-6-3)13-8-15(20)17-10-5-2;1-3-6-10-8-5-9(12)11-7-4-2/h5-24H2,1-4H3,(H,29,35)(H,30,36);4-19H2,1-3H3,(H,23,27)(H,24,28);17H,3-14H2,1-2H3,(H,18,20);4-13H2,1-3H3,(H,16,19)(H,17,20);10H,3-8H2,1-2H3,(H,11,12). The molecule has 0 heterocycles. The SMILES string of the molecule is CCCCC(=O)CCCCCN(CCC(=O)NCCC)CCC(=O)NCCC.CCCCC(=O)CCCCCNCCC(=O)NCCC.CCCCC(=O)CCN(CCC(=O)CCCC)CCN(CCC(=O)NCCC)CCC(=O)NCCC.CCCNC(=O)CCN(CCC)CCC(=O)NCCC.CCCNCCC(=O)NCCC. The molecule has 26 heteroatoms. The molecule has 0 bridgehead atoms. The van der Waals surface area contributed by atoms with Gasteiger partial charge in [-0.15, -0.1) is 0 Å². The van der Waals surface area contributed by atoms with Crippen molar-refractivity contribution in [2.75, 3.05) is 157 Å². The van der Waals surface area contributed by atoms with Crippen molar-refractivity contribution in [2.24, 2.45) is 0 Å². The van der Waals surface area contributed by atoms with Crippen molar-refractivity contribution in [2.45, 2.75) is 354 Å². The van der Waals surface area contributed by atoms with Crippen molar-refractivity contribution >= 4 is 70.4 Å². The van der Waals surface area contributed by atoms with E-state index in [4.69, 9.17) is 0 Å². The maximum atomic E-state index is 12.3. The number of unbranched alkanes of at least 4 members (excludes halogenated alkanes) is 8. The van der Waals surface area contributed by atoms with E-state index >= 15 is 0 Å². The van der Waals surface area contributed by atoms with Crippen LogP contribution in [0.3, 0.4) is 0 Å². The second-order valence-electron chi connectivity index (χ2n) is 30.4. The molecular weight excluding hydrogens is 1470 g/mol. The molecule has 682 valence electrons. The van der Waals surface area contributed by atoms with Crippen LogP contribution < -0.4 is 53.2 Å². The number of carbonyl (C=O) groups is 12. The topological polar surface area (TPSA) is 338 Å². The molecule has 0 unspecified atom stereocenters. The van der Waals surface area contributed by atoms with Gasteiger partial charge in [0.2, 0.25) is 47.3 Å². The minimum atomic E-state index is 0.0252. The smallest absolute Gasteiger partial charge is 0.221 e. The predicted octanol–water partition coefficient (Wildman–Crippen LogP) is 12.4. The first-order chi connectivity index (χ1) is 56.0. The normalized spacial score (nSPS) is 10.7. The molecule has 26 nitrogen and oxygen atoms in total. The van der Waals surface area contributed by atoms with Gasteiger partial charge >= 0.3 is 0 Å². The average molecular weight is 1650 g/mol. The van der Waals surface area contributed by atoms with Crippen LogP contribution in [0, 0.1) is 0 Å². The van der Waals surface area contributed by atoms with Crippen molar-refractivity contribution in [3.8, 4) is 0 Å². The Balaban J connectivity index is -0.000000461. The van der Waals surface area contributed by atoms with Crippen LogP contribution in [-0.2, 0) is 57.5 Å². The highest BCUT2D eigenvalue weighted by Crippen LogP contribution is 2.10. The molecule has 0 aromatic heterocycles. The summed E-state index contributed by atoms with van der Waals surface area (Å²) in [6.45, 7) is 46.6. The van der Waals surface area contributed by atoms with Gasteiger partial charge in [-0.1, -0.05) is 135 Å². The molecule has 0 aromatic rings. The van der Waals surface area contributed by atoms with Crippen LogP contribution in [0.1, 0.15) is 354 Å². The lowest BCUT2D eigenvalue weighted by Gasteiger charge is -2.27. The van der Waals surface area contributed by atoms with E-state index in [0.29, 0.717) is 180 Å². The first-order valence-electron chi connectivity index (χ1n) is 46.5. The van der Waals surface area contributed by atoms with E-state index in [2.05, 4.69) is 121 Å². The molecule has 0 rings (SSSR count). The zero-order valence-corrected chi connectivity index (χ0v) is 76.9. The van der Waals surface area contributed by atoms with Crippen LogP contribution in [0.25, 0.3) is 0 Å². The highest BCUT2D eigenvalue weighted by molar-refractivity contribution is 5.81. The Labute approximate surface area is 708 Å². The van der Waals surface area contributed by atoms with E-state index in [1.165, 1.54) is 0 Å². The second-order valence-corrected chi connectivity index (χ2v) is 30.4. The minimum Gasteiger partial charge on any atom is -0.356 e. The molecule has 116 heavy (non-hydrogen) atoms. The Hall–Kier alpha value is -5.80. The molecular formula is C90H180N14O12. The molecule has 0 aliphatic carbocycles. The summed E-state index contributed by atoms with van der Waals surface area (Å²) in [6.07, 6.45) is 32.9. The number of nitrogens with zero attached hydrogens (tertiary/aromatic N) is 4. The molecule has 8 amide bonds. The Bertz CT molecular complexity index is 2200. The van der Waals surface area contributed by atoms with Gasteiger partial charge in [0.05, 0.1) is 0 Å². The summed E-state index contributed by atoms with van der Waals surface area (Å²) in [7, 11) is 0. The molecule has 0 aromatic carbocycles. The maximum absolute atomic E-state index is 12.3. The van der Waals surface area contributed by atoms with Gasteiger partial charge in [-0.3, -0.25) is 57.5 Å². The first-order valence-corrected chi connectivity index (χ1v) is 46.5. The van der Waals surface area contributed by atoms with Crippen LogP contribution in [0.4, 0.5) is 0 Å². The van der Waals surface area contributed by atoms with Crippen LogP contribution >= 0.6 is 0 Å². The molecule has 0 saturated heterocycles. The van der Waals surface area contributed by atoms with Gasteiger partial charge in [0.15, 0.2) is 0 Å². The molecule has 0 fully saturated rings. The number of ketones is 4. The fraction of sp³-hybridized carbons (Fsp3) is 0.867. The number of hydrogen-bond donors (Lipinski definition) is 10. The van der Waals surface area contributed by atoms with E-state index < -0.39 is 0 Å². The van der Waals surface area contributed by atoms with Gasteiger partial charge in [-0.05, 0) is 142 Å². The van der Waals surface area contributed by atoms with Crippen molar-refractivity contribution in [1.82, 2.24) is 72.8 Å². The zero-order chi connectivity index (χ0) is 87.6. The third kappa shape index (κ3) is 93.7. The van der Waals surface area contributed by atoms with Crippen LogP contribution in [0.15, 0.2) is 0 Å². The lowest BCUT2D eigenvalue weighted by Crippen LogP contribution is -2.40. The molecule has 0 spiro atoms. The zero-order valence-electron chi connectivity index (χ0n) is 76.9. The molecule has 10 N–H and O–H groups in total. The summed E-state index contributed by atoms with van der Waals surface area (Å²) in [5.41, 5.74) is 0. The highest BCUT2D eigenvalue weighted by atomic mass is 16.2. The molecule has 0 aliphatic rings. The van der Waals surface area contributed by atoms with E-state index in [9.17, 15) is 57.5 Å². The van der Waals surface area contributed by atoms with Gasteiger partial charge in [-0.25, -0.2) is 0 Å². The Morgan fingerprint density at radius 3 is 0.629 bits per heavy atom. The fourth-order valence-corrected chi connectivity index (χ4v) is 11.3. The van der Waals surface area contributed by atoms with Crippen LogP contribution in [-0.4, -0.2) is 247 Å². The number of Topliss-reactive ketones (excluding diaryl/α,β-unsaturated/α-hetero) is 4. The van der Waals surface area contributed by atoms with E-state index in [1.54, 1.807) is 0 Å². The summed E-state index contributed by atoms with van der Waals surface area (Å²) in [4.78, 5) is 150. The number of amides is 8. The van der Waals surface area contributed by atoms with Crippen LogP contribution in [0.5, 0.6) is 0 Å². The summed E-state index contributed by atoms with van der Waals surface area (Å²) < 4.78 is 0. The first kappa shape index (κ1) is 119. The van der Waals surface area contributed by atoms with Crippen molar-refractivity contribution < 1.29 is 57.5 Å². The van der Waals surface area contributed by atoms with Crippen LogP contribution in [0.2, 0.25) is 0 Å². The predicted molar refractivity (Wildman–Crippen MR) is 480 cm³/mol. The molecule has 0 radical (unpaired) electrons. The Kier molecular flexibility index (Phi) is 96.9. The number of hydrogen-bond acceptors (Lipinski definition) is 18. The molecule has 0 aliphatic heterocycles. The van der Waals surface area contributed by atoms with E-state index in [1.807, 2.05) is 48.5 Å². The maximum Gasteiger partial charge on any atom is 0.221 e. The van der Waals surface area contributed by atoms with Gasteiger partial charge < -0.3 is 72.8 Å². The largest absolute Gasteiger partial charge is 0.356 e. The van der Waals surface area contributed by atoms with Crippen molar-refractivity contribution in [3.63, 3.8) is 0 Å². The van der Waals surface area contributed by atoms with Gasteiger partial charge in [0, 0.05) is 234 Å². The molecule has 0 saturated carbocycles. The number of rotatable bonds is 77. The van der Waals surface area contributed by atoms with E-state index in [0.717, 1.165) is 245 Å². The number of nitrogens with one attached hydrogen (secondary N) is 10. The lowest BCUT2D eigenvalue weighted by atomic mass is 10.1. The minimum absolute atomic E-state index is 0.0252. The Morgan fingerprint density at radius 2 is 0.371 bits per heavy atom.